The fraction of sp³-hybridized carbons (Fsp3) is 0.488. The van der Waals surface area contributed by atoms with Crippen LogP contribution in [0.2, 0.25) is 0 Å². The topological polar surface area (TPSA) is 291 Å². The van der Waals surface area contributed by atoms with Gasteiger partial charge in [-0.15, -0.1) is 0 Å². The van der Waals surface area contributed by atoms with Crippen LogP contribution in [0.1, 0.15) is 77.8 Å². The van der Waals surface area contributed by atoms with E-state index < -0.39 is 102 Å². The molecule has 3 rings (SSSR count). The summed E-state index contributed by atoms with van der Waals surface area (Å²) < 4.78 is 0. The summed E-state index contributed by atoms with van der Waals surface area (Å²) in [5.41, 5.74) is 7.90. The molecular formula is C43H60N8O10. The third-order valence-corrected chi connectivity index (χ3v) is 10.6. The Balaban J connectivity index is 1.81. The number of hydrogen-bond donors (Lipinski definition) is 10. The van der Waals surface area contributed by atoms with Crippen LogP contribution < -0.4 is 37.6 Å². The zero-order chi connectivity index (χ0) is 45.2. The summed E-state index contributed by atoms with van der Waals surface area (Å²) in [5, 5.41) is 36.0. The van der Waals surface area contributed by atoms with Crippen molar-refractivity contribution in [3.8, 4) is 0 Å². The minimum absolute atomic E-state index is 0.00902. The minimum atomic E-state index is -1.72. The minimum Gasteiger partial charge on any atom is -0.481 e. The smallest absolute Gasteiger partial charge is 0.326 e. The van der Waals surface area contributed by atoms with Gasteiger partial charge in [-0.25, -0.2) is 4.79 Å². The summed E-state index contributed by atoms with van der Waals surface area (Å²) in [5.74, 6) is -8.43. The van der Waals surface area contributed by atoms with Gasteiger partial charge in [0.25, 0.3) is 0 Å². The van der Waals surface area contributed by atoms with Crippen molar-refractivity contribution in [2.75, 3.05) is 6.54 Å². The second kappa shape index (κ2) is 24.1. The molecule has 3 aromatic rings. The molecule has 0 fully saturated rings. The van der Waals surface area contributed by atoms with E-state index in [1.54, 1.807) is 64.2 Å². The number of amides is 6. The summed E-state index contributed by atoms with van der Waals surface area (Å²) in [6, 6.07) is 8.20. The van der Waals surface area contributed by atoms with E-state index in [1.807, 2.05) is 24.3 Å². The zero-order valence-corrected chi connectivity index (χ0v) is 35.3. The maximum absolute atomic E-state index is 14.0. The first-order valence-electron chi connectivity index (χ1n) is 20.5. The maximum Gasteiger partial charge on any atom is 0.326 e. The highest BCUT2D eigenvalue weighted by atomic mass is 16.4. The molecule has 8 atom stereocenters. The third kappa shape index (κ3) is 15.0. The molecule has 61 heavy (non-hydrogen) atoms. The van der Waals surface area contributed by atoms with Crippen molar-refractivity contribution < 1.29 is 48.6 Å². The predicted octanol–water partition coefficient (Wildman–Crippen LogP) is 1.27. The van der Waals surface area contributed by atoms with Gasteiger partial charge in [0.15, 0.2) is 0 Å². The average Bonchev–Trinajstić information content (AvgIpc) is 3.64. The van der Waals surface area contributed by atoms with E-state index in [-0.39, 0.29) is 32.2 Å². The van der Waals surface area contributed by atoms with Crippen LogP contribution in [0, 0.1) is 11.8 Å². The lowest BCUT2D eigenvalue weighted by molar-refractivity contribution is -0.142. The second-order valence-electron chi connectivity index (χ2n) is 15.3. The number of aliphatic carboxylic acids is 2. The van der Waals surface area contributed by atoms with E-state index in [0.29, 0.717) is 18.4 Å². The Morgan fingerprint density at radius 2 is 1.16 bits per heavy atom. The molecule has 0 unspecified atom stereocenters. The fourth-order valence-corrected chi connectivity index (χ4v) is 6.71. The molecule has 0 radical (unpaired) electrons. The zero-order valence-electron chi connectivity index (χ0n) is 35.3. The van der Waals surface area contributed by atoms with E-state index in [9.17, 15) is 48.6 Å². The van der Waals surface area contributed by atoms with Crippen LogP contribution >= 0.6 is 0 Å². The molecule has 2 aromatic carbocycles. The Kier molecular flexibility index (Phi) is 19.4. The largest absolute Gasteiger partial charge is 0.481 e. The number of fused-ring (bicyclic) bond motifs is 1. The highest BCUT2D eigenvalue weighted by Crippen LogP contribution is 2.20. The first kappa shape index (κ1) is 49.1. The van der Waals surface area contributed by atoms with Gasteiger partial charge in [-0.1, -0.05) is 89.1 Å². The van der Waals surface area contributed by atoms with Gasteiger partial charge in [-0.2, -0.15) is 0 Å². The molecule has 0 aliphatic carbocycles. The monoisotopic (exact) mass is 848 g/mol. The van der Waals surface area contributed by atoms with Crippen LogP contribution in [0.4, 0.5) is 0 Å². The van der Waals surface area contributed by atoms with Gasteiger partial charge in [0, 0.05) is 36.9 Å². The van der Waals surface area contributed by atoms with Crippen LogP contribution in [-0.4, -0.2) is 105 Å². The van der Waals surface area contributed by atoms with Crippen LogP contribution in [0.5, 0.6) is 0 Å². The molecular weight excluding hydrogens is 789 g/mol. The van der Waals surface area contributed by atoms with Crippen molar-refractivity contribution in [3.63, 3.8) is 0 Å². The van der Waals surface area contributed by atoms with E-state index in [1.165, 1.54) is 6.92 Å². The van der Waals surface area contributed by atoms with Crippen molar-refractivity contribution >= 4 is 58.3 Å². The maximum atomic E-state index is 14.0. The predicted molar refractivity (Wildman–Crippen MR) is 226 cm³/mol. The lowest BCUT2D eigenvalue weighted by Gasteiger charge is -2.30. The van der Waals surface area contributed by atoms with Gasteiger partial charge in [-0.05, 0) is 48.4 Å². The quantitative estimate of drug-likeness (QED) is 0.0579. The van der Waals surface area contributed by atoms with Gasteiger partial charge in [0.1, 0.15) is 36.3 Å². The number of hydrogen-bond acceptors (Lipinski definition) is 9. The number of para-hydroxylation sites is 1. The van der Waals surface area contributed by atoms with Gasteiger partial charge in [0.2, 0.25) is 35.4 Å². The van der Waals surface area contributed by atoms with Crippen molar-refractivity contribution in [3.05, 3.63) is 71.9 Å². The summed E-state index contributed by atoms with van der Waals surface area (Å²) in [6.45, 7) is 8.29. The van der Waals surface area contributed by atoms with Gasteiger partial charge >= 0.3 is 11.9 Å². The SMILES string of the molecule is CC[C@@H](C)[C@H](NC(=O)[C@H](CC(=O)O)NC(=O)[C@H](CCCN)NC(=O)[C@@H](Cc1ccccc1)NC(C)=O)C(=O)N[C@H](C(=O)N[C@@H](Cc1c[nH]c2ccccc12)C(=O)O)[C@H](C)CC. The average molecular weight is 849 g/mol. The molecule has 0 saturated carbocycles. The molecule has 0 spiro atoms. The van der Waals surface area contributed by atoms with Crippen molar-refractivity contribution in [1.82, 2.24) is 36.9 Å². The molecule has 0 aliphatic heterocycles. The van der Waals surface area contributed by atoms with Crippen molar-refractivity contribution in [2.45, 2.75) is 116 Å². The molecule has 332 valence electrons. The number of rotatable bonds is 25. The molecule has 0 saturated heterocycles. The highest BCUT2D eigenvalue weighted by Gasteiger charge is 2.37. The van der Waals surface area contributed by atoms with E-state index >= 15 is 0 Å². The van der Waals surface area contributed by atoms with E-state index in [2.05, 4.69) is 36.9 Å². The number of aromatic nitrogens is 1. The molecule has 6 amide bonds. The lowest BCUT2D eigenvalue weighted by Crippen LogP contribution is -2.61. The number of nitrogens with one attached hydrogen (secondary N) is 7. The number of H-pyrrole nitrogens is 1. The molecule has 18 nitrogen and oxygen atoms in total. The number of carboxylic acid groups (broad SMARTS) is 2. The number of carbonyl (C=O) groups excluding carboxylic acids is 6. The van der Waals surface area contributed by atoms with Gasteiger partial charge < -0.3 is 52.8 Å². The Labute approximate surface area is 354 Å². The molecule has 1 aromatic heterocycles. The molecule has 1 heterocycles. The molecule has 18 heteroatoms. The Bertz CT molecular complexity index is 1990. The first-order valence-corrected chi connectivity index (χ1v) is 20.5. The lowest BCUT2D eigenvalue weighted by atomic mass is 9.94. The number of benzene rings is 2. The van der Waals surface area contributed by atoms with Crippen molar-refractivity contribution in [1.29, 1.82) is 0 Å². The summed E-state index contributed by atoms with van der Waals surface area (Å²) in [6.07, 6.45) is 1.87. The van der Waals surface area contributed by atoms with Gasteiger partial charge in [-0.3, -0.25) is 33.6 Å². The normalized spacial score (nSPS) is 15.0. The van der Waals surface area contributed by atoms with E-state index in [4.69, 9.17) is 5.73 Å². The Hall–Kier alpha value is -6.30. The third-order valence-electron chi connectivity index (χ3n) is 10.6. The highest BCUT2D eigenvalue weighted by molar-refractivity contribution is 5.98. The summed E-state index contributed by atoms with van der Waals surface area (Å²) in [4.78, 5) is 108. The molecule has 0 bridgehead atoms. The first-order chi connectivity index (χ1) is 29.0. The van der Waals surface area contributed by atoms with Gasteiger partial charge in [0.05, 0.1) is 6.42 Å². The number of aromatic amines is 1. The van der Waals surface area contributed by atoms with Crippen LogP contribution in [0.3, 0.4) is 0 Å². The summed E-state index contributed by atoms with van der Waals surface area (Å²) in [7, 11) is 0. The number of carboxylic acids is 2. The molecule has 0 aliphatic rings. The standard InChI is InChI=1S/C43H60N8O10/c1-6-24(3)36(41(58)49-34(43(60)61)21-28-23-45-30-17-12-11-16-29(28)30)51-42(59)37(25(4)7-2)50-40(57)33(22-35(53)54)48-38(55)31(18-13-19-44)47-39(56)32(46-26(5)52)20-27-14-9-8-10-15-27/h8-12,14-17,23-25,31-34,36-37,45H,6-7,13,18-22,44H2,1-5H3,(H,46,52)(H,47,56)(H,48,55)(H,49,58)(H,50,57)(H,51,59)(H,53,54)(H,60,61)/t24-,25-,31+,32-,33+,34+,36+,37+/m1/s1. The van der Waals surface area contributed by atoms with E-state index in [0.717, 1.165) is 16.5 Å². The second-order valence-corrected chi connectivity index (χ2v) is 15.3. The fourth-order valence-electron chi connectivity index (χ4n) is 6.71. The van der Waals surface area contributed by atoms with Crippen LogP contribution in [-0.2, 0) is 51.2 Å². The van der Waals surface area contributed by atoms with Crippen LogP contribution in [0.15, 0.2) is 60.8 Å². The number of nitrogens with two attached hydrogens (primary N) is 1. The summed E-state index contributed by atoms with van der Waals surface area (Å²) >= 11 is 0. The number of carbonyl (C=O) groups is 8. The van der Waals surface area contributed by atoms with Crippen LogP contribution in [0.25, 0.3) is 10.9 Å². The Morgan fingerprint density at radius 1 is 0.639 bits per heavy atom. The Morgan fingerprint density at radius 3 is 1.74 bits per heavy atom. The van der Waals surface area contributed by atoms with Crippen molar-refractivity contribution in [2.24, 2.45) is 17.6 Å². The molecule has 11 N–H and O–H groups in total.